The first-order chi connectivity index (χ1) is 4.70. The van der Waals surface area contributed by atoms with Gasteiger partial charge in [0.2, 0.25) is 0 Å². The molecule has 0 saturated carbocycles. The Kier molecular flexibility index (Phi) is 3.95. The van der Waals surface area contributed by atoms with E-state index in [1.165, 1.54) is 14.2 Å². The van der Waals surface area contributed by atoms with Gasteiger partial charge in [-0.05, 0) is 0 Å². The Morgan fingerprint density at radius 3 is 1.60 bits per heavy atom. The van der Waals surface area contributed by atoms with Crippen molar-refractivity contribution in [3.63, 3.8) is 0 Å². The number of ether oxygens (including phenoxy) is 2. The van der Waals surface area contributed by atoms with E-state index in [0.717, 1.165) is 12.2 Å². The molecule has 0 aliphatic carbocycles. The fourth-order valence-corrected chi connectivity index (χ4v) is 0.272. The predicted octanol–water partition coefficient (Wildman–Crippen LogP) is 0.00110. The molecule has 0 aromatic heterocycles. The average molecular weight is 145 g/mol. The number of esters is 2. The van der Waals surface area contributed by atoms with Gasteiger partial charge in [-0.1, -0.05) is 0 Å². The van der Waals surface area contributed by atoms with Crippen LogP contribution in [0, 0.1) is 0 Å². The summed E-state index contributed by atoms with van der Waals surface area (Å²) in [4.78, 5) is 20.6. The first-order valence-corrected chi connectivity index (χ1v) is 2.54. The fraction of sp³-hybridized carbons (Fsp3) is 0.333. The molecular weight excluding hydrogens is 136 g/mol. The second-order valence-corrected chi connectivity index (χ2v) is 1.38. The first kappa shape index (κ1) is 8.68. The van der Waals surface area contributed by atoms with Crippen molar-refractivity contribution in [3.05, 3.63) is 12.2 Å². The van der Waals surface area contributed by atoms with Crippen LogP contribution in [0.3, 0.4) is 0 Å². The van der Waals surface area contributed by atoms with E-state index < -0.39 is 11.9 Å². The first-order valence-electron chi connectivity index (χ1n) is 2.54. The third-order valence-electron chi connectivity index (χ3n) is 0.758. The van der Waals surface area contributed by atoms with Crippen LogP contribution in [0.5, 0.6) is 0 Å². The van der Waals surface area contributed by atoms with Crippen molar-refractivity contribution < 1.29 is 20.5 Å². The highest BCUT2D eigenvalue weighted by Gasteiger charge is 1.94. The Morgan fingerprint density at radius 1 is 1.10 bits per heavy atom. The maximum absolute atomic E-state index is 10.3. The van der Waals surface area contributed by atoms with E-state index in [4.69, 9.17) is 0 Å². The number of methoxy groups -OCH3 is 2. The van der Waals surface area contributed by atoms with Gasteiger partial charge in [-0.15, -0.1) is 0 Å². The molecule has 10 heavy (non-hydrogen) atoms. The molecule has 4 nitrogen and oxygen atoms in total. The largest absolute Gasteiger partial charge is 1.00 e. The van der Waals surface area contributed by atoms with Gasteiger partial charge < -0.3 is 9.47 Å². The SMILES string of the molecule is COC(=O)/C=C\C(=O)OC.[H+]. The van der Waals surface area contributed by atoms with Crippen LogP contribution in [0.1, 0.15) is 1.43 Å². The summed E-state index contributed by atoms with van der Waals surface area (Å²) >= 11 is 0. The average Bonchev–Trinajstić information content (AvgIpc) is 1.99. The molecular formula is C6H9O4+. The molecule has 0 fully saturated rings. The summed E-state index contributed by atoms with van der Waals surface area (Å²) in [5, 5.41) is 0. The molecule has 0 aliphatic heterocycles. The van der Waals surface area contributed by atoms with Crippen molar-refractivity contribution in [2.45, 2.75) is 0 Å². The van der Waals surface area contributed by atoms with Crippen LogP contribution in [-0.4, -0.2) is 26.2 Å². The zero-order valence-electron chi connectivity index (χ0n) is 6.79. The summed E-state index contributed by atoms with van der Waals surface area (Å²) in [7, 11) is 2.45. The van der Waals surface area contributed by atoms with E-state index in [9.17, 15) is 9.59 Å². The Labute approximate surface area is 59.9 Å². The molecule has 0 rings (SSSR count). The molecule has 0 heterocycles. The van der Waals surface area contributed by atoms with Gasteiger partial charge in [0.05, 0.1) is 14.2 Å². The third-order valence-corrected chi connectivity index (χ3v) is 0.758. The molecule has 0 N–H and O–H groups in total. The van der Waals surface area contributed by atoms with Crippen LogP contribution in [0.4, 0.5) is 0 Å². The van der Waals surface area contributed by atoms with Gasteiger partial charge in [-0.25, -0.2) is 9.59 Å². The Bertz CT molecular complexity index is 146. The van der Waals surface area contributed by atoms with E-state index in [1.807, 2.05) is 0 Å². The van der Waals surface area contributed by atoms with Crippen molar-refractivity contribution >= 4 is 11.9 Å². The van der Waals surface area contributed by atoms with Crippen molar-refractivity contribution in [2.24, 2.45) is 0 Å². The molecule has 0 radical (unpaired) electrons. The van der Waals surface area contributed by atoms with Gasteiger partial charge >= 0.3 is 13.4 Å². The number of rotatable bonds is 2. The highest BCUT2D eigenvalue weighted by molar-refractivity contribution is 5.91. The zero-order valence-corrected chi connectivity index (χ0v) is 5.79. The number of carbonyl (C=O) groups excluding carboxylic acids is 2. The van der Waals surface area contributed by atoms with Crippen LogP contribution in [0.25, 0.3) is 0 Å². The predicted molar refractivity (Wildman–Crippen MR) is 34.3 cm³/mol. The van der Waals surface area contributed by atoms with Gasteiger partial charge in [0.25, 0.3) is 0 Å². The summed E-state index contributed by atoms with van der Waals surface area (Å²) in [6.07, 6.45) is 1.98. The van der Waals surface area contributed by atoms with E-state index in [2.05, 4.69) is 9.47 Å². The Balaban J connectivity index is 0. The second kappa shape index (κ2) is 4.55. The monoisotopic (exact) mass is 145 g/mol. The minimum absolute atomic E-state index is 0. The maximum atomic E-state index is 10.3. The van der Waals surface area contributed by atoms with Crippen LogP contribution < -0.4 is 0 Å². The van der Waals surface area contributed by atoms with Gasteiger partial charge in [-0.2, -0.15) is 0 Å². The molecule has 0 aromatic rings. The quantitative estimate of drug-likeness (QED) is 0.405. The second-order valence-electron chi connectivity index (χ2n) is 1.38. The summed E-state index contributed by atoms with van der Waals surface area (Å²) < 4.78 is 8.42. The van der Waals surface area contributed by atoms with Crippen LogP contribution in [-0.2, 0) is 19.1 Å². The minimum Gasteiger partial charge on any atom is -0.466 e. The van der Waals surface area contributed by atoms with E-state index >= 15 is 0 Å². The van der Waals surface area contributed by atoms with E-state index in [0.29, 0.717) is 0 Å². The molecule has 0 atom stereocenters. The lowest BCUT2D eigenvalue weighted by Crippen LogP contribution is -1.98. The van der Waals surface area contributed by atoms with E-state index in [-0.39, 0.29) is 1.43 Å². The summed E-state index contributed by atoms with van der Waals surface area (Å²) in [5.41, 5.74) is 0. The van der Waals surface area contributed by atoms with Crippen molar-refractivity contribution in [1.29, 1.82) is 0 Å². The zero-order chi connectivity index (χ0) is 7.98. The summed E-state index contributed by atoms with van der Waals surface area (Å²) in [5.74, 6) is -1.16. The molecule has 0 bridgehead atoms. The number of hydrogen-bond donors (Lipinski definition) is 0. The normalized spacial score (nSPS) is 9.40. The molecule has 0 saturated heterocycles. The lowest BCUT2D eigenvalue weighted by molar-refractivity contribution is -0.137. The molecule has 0 aromatic carbocycles. The molecule has 4 heteroatoms. The molecule has 0 amide bonds. The molecule has 0 unspecified atom stereocenters. The van der Waals surface area contributed by atoms with E-state index in [1.54, 1.807) is 0 Å². The van der Waals surface area contributed by atoms with Crippen molar-refractivity contribution in [1.82, 2.24) is 0 Å². The highest BCUT2D eigenvalue weighted by atomic mass is 16.5. The van der Waals surface area contributed by atoms with Gasteiger partial charge in [-0.3, -0.25) is 0 Å². The number of hydrogen-bond acceptors (Lipinski definition) is 4. The van der Waals surface area contributed by atoms with Crippen LogP contribution in [0.2, 0.25) is 0 Å². The van der Waals surface area contributed by atoms with Crippen molar-refractivity contribution in [2.75, 3.05) is 14.2 Å². The third kappa shape index (κ3) is 3.65. The molecule has 56 valence electrons. The molecule has 0 spiro atoms. The number of carbonyl (C=O) groups is 2. The summed E-state index contributed by atoms with van der Waals surface area (Å²) in [6.45, 7) is 0. The van der Waals surface area contributed by atoms with Crippen LogP contribution in [0.15, 0.2) is 12.2 Å². The smallest absolute Gasteiger partial charge is 0.466 e. The van der Waals surface area contributed by atoms with Gasteiger partial charge in [0.15, 0.2) is 0 Å². The summed E-state index contributed by atoms with van der Waals surface area (Å²) in [6, 6.07) is 0. The fourth-order valence-electron chi connectivity index (χ4n) is 0.272. The lowest BCUT2D eigenvalue weighted by atomic mass is 10.5. The lowest BCUT2D eigenvalue weighted by Gasteiger charge is -1.89. The molecule has 0 aliphatic rings. The van der Waals surface area contributed by atoms with Crippen LogP contribution >= 0.6 is 0 Å². The topological polar surface area (TPSA) is 52.6 Å². The Hall–Kier alpha value is -1.32. The minimum atomic E-state index is -0.578. The Morgan fingerprint density at radius 2 is 1.40 bits per heavy atom. The highest BCUT2D eigenvalue weighted by Crippen LogP contribution is 1.80. The van der Waals surface area contributed by atoms with Gasteiger partial charge in [0.1, 0.15) is 0 Å². The standard InChI is InChI=1S/C6H8O4/c1-9-5(7)3-4-6(8)10-2/h3-4H,1-2H3/p+1/b4-3-. The van der Waals surface area contributed by atoms with Gasteiger partial charge in [0, 0.05) is 12.2 Å². The maximum Gasteiger partial charge on any atom is 1.00 e. The van der Waals surface area contributed by atoms with Crippen molar-refractivity contribution in [3.8, 4) is 0 Å².